The van der Waals surface area contributed by atoms with Crippen LogP contribution in [0.3, 0.4) is 0 Å². The molecule has 0 aliphatic carbocycles. The lowest BCUT2D eigenvalue weighted by molar-refractivity contribution is -0.120. The predicted molar refractivity (Wildman–Crippen MR) is 77.2 cm³/mol. The molecule has 0 radical (unpaired) electrons. The minimum Gasteiger partial charge on any atom is -0.454 e. The molecule has 21 heavy (non-hydrogen) atoms. The Morgan fingerprint density at radius 3 is 2.95 bits per heavy atom. The average molecular weight is 284 g/mol. The van der Waals surface area contributed by atoms with E-state index in [1.165, 1.54) is 0 Å². The van der Waals surface area contributed by atoms with E-state index in [0.717, 1.165) is 29.2 Å². The molecule has 0 saturated carbocycles. The summed E-state index contributed by atoms with van der Waals surface area (Å²) in [7, 11) is 0. The highest BCUT2D eigenvalue weighted by molar-refractivity contribution is 5.78. The van der Waals surface area contributed by atoms with E-state index in [4.69, 9.17) is 9.47 Å². The van der Waals surface area contributed by atoms with Gasteiger partial charge in [-0.2, -0.15) is 0 Å². The fourth-order valence-corrected chi connectivity index (χ4v) is 2.17. The first-order chi connectivity index (χ1) is 10.3. The molecule has 2 heterocycles. The third-order valence-corrected chi connectivity index (χ3v) is 3.24. The van der Waals surface area contributed by atoms with Crippen molar-refractivity contribution >= 4 is 5.91 Å². The zero-order valence-corrected chi connectivity index (χ0v) is 11.5. The van der Waals surface area contributed by atoms with Crippen molar-refractivity contribution in [2.45, 2.75) is 12.8 Å². The van der Waals surface area contributed by atoms with Gasteiger partial charge in [0.25, 0.3) is 0 Å². The normalized spacial score (nSPS) is 12.2. The number of hydrogen-bond acceptors (Lipinski definition) is 4. The monoisotopic (exact) mass is 284 g/mol. The van der Waals surface area contributed by atoms with Crippen LogP contribution in [0, 0.1) is 0 Å². The Morgan fingerprint density at radius 2 is 2.10 bits per heavy atom. The van der Waals surface area contributed by atoms with Crippen LogP contribution in [0.1, 0.15) is 11.3 Å². The number of aromatic nitrogens is 1. The van der Waals surface area contributed by atoms with Crippen molar-refractivity contribution in [1.82, 2.24) is 10.3 Å². The fraction of sp³-hybridized carbons (Fsp3) is 0.250. The van der Waals surface area contributed by atoms with Crippen LogP contribution >= 0.6 is 0 Å². The van der Waals surface area contributed by atoms with Crippen molar-refractivity contribution in [2.75, 3.05) is 13.3 Å². The highest BCUT2D eigenvalue weighted by atomic mass is 16.7. The molecule has 1 amide bonds. The Hall–Kier alpha value is -2.56. The van der Waals surface area contributed by atoms with E-state index in [9.17, 15) is 4.79 Å². The summed E-state index contributed by atoms with van der Waals surface area (Å²) in [6.45, 7) is 0.866. The Balaban J connectivity index is 1.46. The van der Waals surface area contributed by atoms with Crippen molar-refractivity contribution in [3.8, 4) is 11.5 Å². The molecule has 0 bridgehead atoms. The SMILES string of the molecule is O=C(Cc1ccccn1)NCCc1ccc2c(c1)OCO2. The first-order valence-electron chi connectivity index (χ1n) is 6.86. The fourth-order valence-electron chi connectivity index (χ4n) is 2.17. The molecule has 1 aromatic carbocycles. The average Bonchev–Trinajstić information content (AvgIpc) is 2.96. The van der Waals surface area contributed by atoms with E-state index in [2.05, 4.69) is 10.3 Å². The molecule has 1 aromatic heterocycles. The van der Waals surface area contributed by atoms with Crippen molar-refractivity contribution < 1.29 is 14.3 Å². The van der Waals surface area contributed by atoms with Crippen molar-refractivity contribution in [3.63, 3.8) is 0 Å². The lowest BCUT2D eigenvalue weighted by atomic mass is 10.1. The van der Waals surface area contributed by atoms with Gasteiger partial charge in [0.15, 0.2) is 11.5 Å². The summed E-state index contributed by atoms with van der Waals surface area (Å²) >= 11 is 0. The molecule has 1 aliphatic rings. The van der Waals surface area contributed by atoms with Gasteiger partial charge in [-0.1, -0.05) is 12.1 Å². The molecule has 0 spiro atoms. The molecule has 108 valence electrons. The highest BCUT2D eigenvalue weighted by Crippen LogP contribution is 2.32. The first kappa shape index (κ1) is 13.4. The van der Waals surface area contributed by atoms with Crippen LogP contribution < -0.4 is 14.8 Å². The van der Waals surface area contributed by atoms with E-state index in [1.807, 2.05) is 36.4 Å². The summed E-state index contributed by atoms with van der Waals surface area (Å²) in [6, 6.07) is 11.4. The van der Waals surface area contributed by atoms with E-state index in [-0.39, 0.29) is 12.7 Å². The van der Waals surface area contributed by atoms with E-state index >= 15 is 0 Å². The number of pyridine rings is 1. The summed E-state index contributed by atoms with van der Waals surface area (Å²) in [5.41, 5.74) is 1.88. The lowest BCUT2D eigenvalue weighted by Gasteiger charge is -2.06. The second kappa shape index (κ2) is 6.26. The van der Waals surface area contributed by atoms with Crippen LogP contribution in [-0.2, 0) is 17.6 Å². The van der Waals surface area contributed by atoms with Crippen molar-refractivity contribution in [2.24, 2.45) is 0 Å². The smallest absolute Gasteiger partial charge is 0.231 e. The summed E-state index contributed by atoms with van der Waals surface area (Å²) in [4.78, 5) is 15.9. The Labute approximate surface area is 122 Å². The van der Waals surface area contributed by atoms with Crippen molar-refractivity contribution in [3.05, 3.63) is 53.9 Å². The molecule has 3 rings (SSSR count). The van der Waals surface area contributed by atoms with E-state index < -0.39 is 0 Å². The number of benzene rings is 1. The van der Waals surface area contributed by atoms with E-state index in [0.29, 0.717) is 13.0 Å². The maximum Gasteiger partial charge on any atom is 0.231 e. The van der Waals surface area contributed by atoms with E-state index in [1.54, 1.807) is 6.20 Å². The molecular formula is C16H16N2O3. The zero-order chi connectivity index (χ0) is 14.5. The van der Waals surface area contributed by atoms with Gasteiger partial charge in [-0.15, -0.1) is 0 Å². The van der Waals surface area contributed by atoms with Crippen LogP contribution in [0.2, 0.25) is 0 Å². The van der Waals surface area contributed by atoms with Crippen LogP contribution in [-0.4, -0.2) is 24.2 Å². The number of amides is 1. The first-order valence-corrected chi connectivity index (χ1v) is 6.86. The molecule has 1 aliphatic heterocycles. The second-order valence-corrected chi connectivity index (χ2v) is 4.79. The number of carbonyl (C=O) groups excluding carboxylic acids is 1. The second-order valence-electron chi connectivity index (χ2n) is 4.79. The van der Waals surface area contributed by atoms with Gasteiger partial charge >= 0.3 is 0 Å². The quantitative estimate of drug-likeness (QED) is 0.908. The number of hydrogen-bond donors (Lipinski definition) is 1. The topological polar surface area (TPSA) is 60.5 Å². The number of nitrogens with zero attached hydrogens (tertiary/aromatic N) is 1. The molecule has 5 nitrogen and oxygen atoms in total. The minimum absolute atomic E-state index is 0.0190. The molecule has 1 N–H and O–H groups in total. The van der Waals surface area contributed by atoms with Crippen molar-refractivity contribution in [1.29, 1.82) is 0 Å². The summed E-state index contributed by atoms with van der Waals surface area (Å²) in [6.07, 6.45) is 2.75. The minimum atomic E-state index is -0.0190. The molecule has 5 heteroatoms. The zero-order valence-electron chi connectivity index (χ0n) is 11.5. The van der Waals surface area contributed by atoms with Crippen LogP contribution in [0.15, 0.2) is 42.6 Å². The Kier molecular flexibility index (Phi) is 4.00. The Bertz CT molecular complexity index is 629. The number of rotatable bonds is 5. The molecule has 0 saturated heterocycles. The molecular weight excluding hydrogens is 268 g/mol. The largest absolute Gasteiger partial charge is 0.454 e. The Morgan fingerprint density at radius 1 is 1.19 bits per heavy atom. The summed E-state index contributed by atoms with van der Waals surface area (Å²) < 4.78 is 10.6. The number of ether oxygens (including phenoxy) is 2. The molecule has 2 aromatic rings. The van der Waals surface area contributed by atoms with Gasteiger partial charge in [-0.3, -0.25) is 9.78 Å². The molecule has 0 atom stereocenters. The van der Waals surface area contributed by atoms with Gasteiger partial charge in [-0.05, 0) is 36.2 Å². The van der Waals surface area contributed by atoms with Gasteiger partial charge in [0.2, 0.25) is 12.7 Å². The standard InChI is InChI=1S/C16H16N2O3/c19-16(10-13-3-1-2-7-17-13)18-8-6-12-4-5-14-15(9-12)21-11-20-14/h1-5,7,9H,6,8,10-11H2,(H,18,19). The predicted octanol–water partition coefficient (Wildman–Crippen LogP) is 1.71. The third kappa shape index (κ3) is 3.51. The van der Waals surface area contributed by atoms with Crippen LogP contribution in [0.4, 0.5) is 0 Å². The van der Waals surface area contributed by atoms with Gasteiger partial charge in [0.05, 0.1) is 6.42 Å². The van der Waals surface area contributed by atoms with Gasteiger partial charge in [0, 0.05) is 18.4 Å². The highest BCUT2D eigenvalue weighted by Gasteiger charge is 2.13. The molecule has 0 fully saturated rings. The third-order valence-electron chi connectivity index (χ3n) is 3.24. The summed E-state index contributed by atoms with van der Waals surface area (Å²) in [5, 5.41) is 2.90. The summed E-state index contributed by atoms with van der Waals surface area (Å²) in [5.74, 6) is 1.53. The number of carbonyl (C=O) groups is 1. The van der Waals surface area contributed by atoms with Gasteiger partial charge in [-0.25, -0.2) is 0 Å². The maximum absolute atomic E-state index is 11.8. The number of nitrogens with one attached hydrogen (secondary N) is 1. The van der Waals surface area contributed by atoms with Gasteiger partial charge in [0.1, 0.15) is 0 Å². The maximum atomic E-state index is 11.8. The van der Waals surface area contributed by atoms with Crippen LogP contribution in [0.5, 0.6) is 11.5 Å². The molecule has 0 unspecified atom stereocenters. The number of fused-ring (bicyclic) bond motifs is 1. The van der Waals surface area contributed by atoms with Crippen LogP contribution in [0.25, 0.3) is 0 Å². The van der Waals surface area contributed by atoms with Gasteiger partial charge < -0.3 is 14.8 Å². The lowest BCUT2D eigenvalue weighted by Crippen LogP contribution is -2.27.